The molecule has 0 aromatic heterocycles. The molecule has 3 rings (SSSR count). The van der Waals surface area contributed by atoms with Gasteiger partial charge in [0.25, 0.3) is 6.17 Å². The largest absolute Gasteiger partial charge is 0.459 e. The predicted molar refractivity (Wildman–Crippen MR) is 75.4 cm³/mol. The molecule has 156 valence electrons. The molecule has 3 aliphatic rings. The van der Waals surface area contributed by atoms with Gasteiger partial charge >= 0.3 is 30.0 Å². The maximum absolute atomic E-state index is 13.4. The number of carbonyl (C=O) groups is 3. The Labute approximate surface area is 153 Å². The predicted octanol–water partition coefficient (Wildman–Crippen LogP) is 1.97. The molecule has 6 nitrogen and oxygen atoms in total. The number of halogens is 6. The Morgan fingerprint density at radius 3 is 2.46 bits per heavy atom. The summed E-state index contributed by atoms with van der Waals surface area (Å²) in [5, 5.41) is 0. The lowest BCUT2D eigenvalue weighted by Gasteiger charge is -2.30. The van der Waals surface area contributed by atoms with Crippen molar-refractivity contribution in [2.75, 3.05) is 6.61 Å². The number of ether oxygens (including phenoxy) is 3. The number of fused-ring (bicyclic) bond motifs is 1. The van der Waals surface area contributed by atoms with E-state index in [9.17, 15) is 40.7 Å². The van der Waals surface area contributed by atoms with Crippen molar-refractivity contribution in [3.63, 3.8) is 0 Å². The molecule has 7 unspecified atom stereocenters. The SMILES string of the molecule is C=CC(=O)OC1C2CC3C1OC(=O)C3C2C(=O)OCC(F)(F)C(F)C(F)(F)F. The lowest BCUT2D eigenvalue weighted by molar-refractivity contribution is -0.255. The Morgan fingerprint density at radius 2 is 1.89 bits per heavy atom. The highest BCUT2D eigenvalue weighted by molar-refractivity contribution is 5.87. The summed E-state index contributed by atoms with van der Waals surface area (Å²) < 4.78 is 90.5. The van der Waals surface area contributed by atoms with Crippen LogP contribution in [0.3, 0.4) is 0 Å². The van der Waals surface area contributed by atoms with E-state index in [4.69, 9.17) is 9.47 Å². The molecule has 0 amide bonds. The van der Waals surface area contributed by atoms with Crippen LogP contribution in [-0.2, 0) is 28.6 Å². The molecule has 2 bridgehead atoms. The van der Waals surface area contributed by atoms with E-state index in [1.165, 1.54) is 0 Å². The van der Waals surface area contributed by atoms with Gasteiger partial charge in [-0.1, -0.05) is 6.58 Å². The van der Waals surface area contributed by atoms with E-state index in [0.29, 0.717) is 0 Å². The molecule has 1 aliphatic heterocycles. The van der Waals surface area contributed by atoms with Crippen LogP contribution in [0.1, 0.15) is 6.42 Å². The molecule has 2 aliphatic carbocycles. The van der Waals surface area contributed by atoms with E-state index in [-0.39, 0.29) is 6.42 Å². The van der Waals surface area contributed by atoms with E-state index < -0.39 is 78.7 Å². The molecule has 0 radical (unpaired) electrons. The van der Waals surface area contributed by atoms with Crippen LogP contribution in [0, 0.1) is 23.7 Å². The molecule has 3 fully saturated rings. The zero-order valence-corrected chi connectivity index (χ0v) is 14.0. The summed E-state index contributed by atoms with van der Waals surface area (Å²) >= 11 is 0. The first-order valence-corrected chi connectivity index (χ1v) is 8.17. The molecule has 1 heterocycles. The summed E-state index contributed by atoms with van der Waals surface area (Å²) in [5.41, 5.74) is 0. The summed E-state index contributed by atoms with van der Waals surface area (Å²) in [6.45, 7) is 1.05. The number of carbonyl (C=O) groups excluding carboxylic acids is 3. The Morgan fingerprint density at radius 1 is 1.25 bits per heavy atom. The van der Waals surface area contributed by atoms with Crippen molar-refractivity contribution in [1.82, 2.24) is 0 Å². The minimum Gasteiger partial charge on any atom is -0.459 e. The third kappa shape index (κ3) is 3.22. The minimum atomic E-state index is -5.84. The fourth-order valence-electron chi connectivity index (χ4n) is 4.23. The van der Waals surface area contributed by atoms with Gasteiger partial charge in [-0.25, -0.2) is 9.18 Å². The van der Waals surface area contributed by atoms with Crippen molar-refractivity contribution in [3.8, 4) is 0 Å². The third-order valence-corrected chi connectivity index (χ3v) is 5.30. The number of alkyl halides is 6. The third-order valence-electron chi connectivity index (χ3n) is 5.30. The second-order valence-electron chi connectivity index (χ2n) is 6.90. The van der Waals surface area contributed by atoms with E-state index >= 15 is 0 Å². The van der Waals surface area contributed by atoms with E-state index in [1.54, 1.807) is 0 Å². The summed E-state index contributed by atoms with van der Waals surface area (Å²) in [4.78, 5) is 35.7. The minimum absolute atomic E-state index is 0.195. The van der Waals surface area contributed by atoms with Crippen LogP contribution in [0.4, 0.5) is 26.3 Å². The second-order valence-corrected chi connectivity index (χ2v) is 6.90. The first-order valence-electron chi connectivity index (χ1n) is 8.17. The van der Waals surface area contributed by atoms with Gasteiger partial charge in [-0.2, -0.15) is 22.0 Å². The molecule has 28 heavy (non-hydrogen) atoms. The molecular formula is C16H14F6O6. The van der Waals surface area contributed by atoms with Gasteiger partial charge in [0.05, 0.1) is 11.8 Å². The molecule has 12 heteroatoms. The average molecular weight is 416 g/mol. The Bertz CT molecular complexity index is 706. The average Bonchev–Trinajstić information content (AvgIpc) is 3.21. The fourth-order valence-corrected chi connectivity index (χ4v) is 4.23. The van der Waals surface area contributed by atoms with Gasteiger partial charge < -0.3 is 14.2 Å². The number of esters is 3. The topological polar surface area (TPSA) is 78.9 Å². The van der Waals surface area contributed by atoms with Gasteiger partial charge in [-0.05, 0) is 6.42 Å². The molecule has 7 atom stereocenters. The normalized spacial score (nSPS) is 34.7. The van der Waals surface area contributed by atoms with E-state index in [2.05, 4.69) is 11.3 Å². The van der Waals surface area contributed by atoms with Crippen LogP contribution in [-0.4, -0.2) is 55.0 Å². The monoisotopic (exact) mass is 416 g/mol. The van der Waals surface area contributed by atoms with Gasteiger partial charge in [0.2, 0.25) is 0 Å². The van der Waals surface area contributed by atoms with Crippen molar-refractivity contribution < 1.29 is 54.9 Å². The summed E-state index contributed by atoms with van der Waals surface area (Å²) in [6, 6.07) is 0. The summed E-state index contributed by atoms with van der Waals surface area (Å²) in [6.07, 6.45) is -11.2. The highest BCUT2D eigenvalue weighted by atomic mass is 19.4. The Hall–Kier alpha value is -2.27. The van der Waals surface area contributed by atoms with Gasteiger partial charge in [-0.15, -0.1) is 0 Å². The molecule has 2 saturated carbocycles. The molecule has 0 aromatic rings. The van der Waals surface area contributed by atoms with Crippen LogP contribution in [0.5, 0.6) is 0 Å². The Kier molecular flexibility index (Phi) is 4.87. The number of rotatable bonds is 6. The maximum atomic E-state index is 13.4. The maximum Gasteiger partial charge on any atom is 0.425 e. The van der Waals surface area contributed by atoms with E-state index in [1.807, 2.05) is 0 Å². The quantitative estimate of drug-likeness (QED) is 0.285. The van der Waals surface area contributed by atoms with E-state index in [0.717, 1.165) is 6.08 Å². The lowest BCUT2D eigenvalue weighted by atomic mass is 9.78. The Balaban J connectivity index is 1.72. The van der Waals surface area contributed by atoms with Crippen molar-refractivity contribution in [2.45, 2.75) is 36.9 Å². The van der Waals surface area contributed by atoms with Gasteiger partial charge in [0.1, 0.15) is 12.2 Å². The number of hydrogen-bond donors (Lipinski definition) is 0. The van der Waals surface area contributed by atoms with Crippen LogP contribution < -0.4 is 0 Å². The van der Waals surface area contributed by atoms with Gasteiger partial charge in [0, 0.05) is 17.9 Å². The standard InChI is InChI=1S/C16H14F6O6/c1-2-7(23)27-10-5-3-6-9(13(25)28-11(6)10)8(5)12(24)26-4-15(18,19)14(17)16(20,21)22/h2,5-6,8-11,14H,1,3-4H2. The van der Waals surface area contributed by atoms with Crippen LogP contribution >= 0.6 is 0 Å². The van der Waals surface area contributed by atoms with Crippen LogP contribution in [0.15, 0.2) is 12.7 Å². The van der Waals surface area contributed by atoms with Crippen molar-refractivity contribution in [3.05, 3.63) is 12.7 Å². The molecule has 1 saturated heterocycles. The molecule has 0 spiro atoms. The van der Waals surface area contributed by atoms with Crippen molar-refractivity contribution in [2.24, 2.45) is 23.7 Å². The molecule has 0 aromatic carbocycles. The lowest BCUT2D eigenvalue weighted by Crippen LogP contribution is -2.47. The first kappa shape index (κ1) is 20.5. The zero-order chi connectivity index (χ0) is 21.0. The second kappa shape index (κ2) is 6.66. The van der Waals surface area contributed by atoms with Gasteiger partial charge in [0.15, 0.2) is 6.61 Å². The highest BCUT2D eigenvalue weighted by Gasteiger charge is 2.70. The zero-order valence-electron chi connectivity index (χ0n) is 14.0. The summed E-state index contributed by atoms with van der Waals surface area (Å²) in [7, 11) is 0. The smallest absolute Gasteiger partial charge is 0.425 e. The van der Waals surface area contributed by atoms with Crippen LogP contribution in [0.2, 0.25) is 0 Å². The fraction of sp³-hybridized carbons (Fsp3) is 0.688. The molecular weight excluding hydrogens is 402 g/mol. The van der Waals surface area contributed by atoms with Crippen molar-refractivity contribution >= 4 is 17.9 Å². The van der Waals surface area contributed by atoms with Crippen LogP contribution in [0.25, 0.3) is 0 Å². The number of hydrogen-bond acceptors (Lipinski definition) is 6. The molecule has 0 N–H and O–H groups in total. The first-order chi connectivity index (χ1) is 12.9. The highest BCUT2D eigenvalue weighted by Crippen LogP contribution is 2.59. The van der Waals surface area contributed by atoms with Crippen molar-refractivity contribution in [1.29, 1.82) is 0 Å². The summed E-state index contributed by atoms with van der Waals surface area (Å²) in [5.74, 6) is -11.8. The van der Waals surface area contributed by atoms with Gasteiger partial charge in [-0.3, -0.25) is 9.59 Å².